The van der Waals surface area contributed by atoms with Crippen LogP contribution in [0.25, 0.3) is 11.3 Å². The molecule has 2 aromatic carbocycles. The van der Waals surface area contributed by atoms with Gasteiger partial charge in [0.2, 0.25) is 0 Å². The van der Waals surface area contributed by atoms with Gasteiger partial charge in [0.25, 0.3) is 0 Å². The van der Waals surface area contributed by atoms with Gasteiger partial charge in [-0.25, -0.2) is 9.59 Å². The summed E-state index contributed by atoms with van der Waals surface area (Å²) in [5, 5.41) is 10.5. The van der Waals surface area contributed by atoms with Crippen molar-refractivity contribution in [2.45, 2.75) is 38.9 Å². The van der Waals surface area contributed by atoms with E-state index >= 15 is 0 Å². The second kappa shape index (κ2) is 10.5. The summed E-state index contributed by atoms with van der Waals surface area (Å²) in [6, 6.07) is 13.8. The van der Waals surface area contributed by atoms with E-state index in [2.05, 4.69) is 15.7 Å². The summed E-state index contributed by atoms with van der Waals surface area (Å²) >= 11 is 5.91. The van der Waals surface area contributed by atoms with E-state index in [0.29, 0.717) is 41.7 Å². The largest absolute Gasteiger partial charge is 0.488 e. The van der Waals surface area contributed by atoms with Crippen LogP contribution in [0.2, 0.25) is 5.02 Å². The lowest BCUT2D eigenvalue weighted by Gasteiger charge is -2.24. The molecular weight excluding hydrogens is 482 g/mol. The Hall–Kier alpha value is -3.72. The second-order valence-electron chi connectivity index (χ2n) is 9.59. The monoisotopic (exact) mass is 511 g/mol. The number of aryl methyl sites for hydroxylation is 1. The molecule has 1 aromatic heterocycles. The molecule has 0 bridgehead atoms. The molecule has 3 aromatic rings. The first-order chi connectivity index (χ1) is 17.1. The fraction of sp³-hybridized carbons (Fsp3) is 0.346. The van der Waals surface area contributed by atoms with Gasteiger partial charge >= 0.3 is 12.1 Å². The van der Waals surface area contributed by atoms with Crippen LogP contribution in [0.4, 0.5) is 21.0 Å². The average Bonchev–Trinajstić information content (AvgIpc) is 3.44. The highest BCUT2D eigenvalue weighted by Crippen LogP contribution is 2.34. The highest BCUT2D eigenvalue weighted by Gasteiger charge is 2.31. The highest BCUT2D eigenvalue weighted by molar-refractivity contribution is 6.30. The van der Waals surface area contributed by atoms with Crippen molar-refractivity contribution in [3.63, 3.8) is 0 Å². The third-order valence-electron chi connectivity index (χ3n) is 5.53. The first-order valence-corrected chi connectivity index (χ1v) is 12.1. The fourth-order valence-corrected chi connectivity index (χ4v) is 4.00. The Bertz CT molecular complexity index is 1240. The molecule has 1 aliphatic heterocycles. The quantitative estimate of drug-likeness (QED) is 0.453. The number of aromatic nitrogens is 2. The summed E-state index contributed by atoms with van der Waals surface area (Å²) in [7, 11) is 1.84. The topological polar surface area (TPSA) is 97.7 Å². The third-order valence-corrected chi connectivity index (χ3v) is 5.78. The molecule has 10 heteroatoms. The van der Waals surface area contributed by atoms with E-state index in [9.17, 15) is 9.59 Å². The number of benzene rings is 2. The van der Waals surface area contributed by atoms with Gasteiger partial charge in [-0.05, 0) is 69.3 Å². The van der Waals surface area contributed by atoms with E-state index in [0.717, 1.165) is 11.3 Å². The number of urea groups is 1. The number of halogens is 1. The predicted molar refractivity (Wildman–Crippen MR) is 140 cm³/mol. The van der Waals surface area contributed by atoms with Crippen LogP contribution in [0.1, 0.15) is 27.2 Å². The molecule has 36 heavy (non-hydrogen) atoms. The molecule has 1 saturated heterocycles. The number of likely N-dealkylation sites (tertiary alicyclic amines) is 1. The molecule has 1 unspecified atom stereocenters. The van der Waals surface area contributed by atoms with Crippen LogP contribution in [0, 0.1) is 0 Å². The number of amides is 3. The van der Waals surface area contributed by atoms with Crippen LogP contribution >= 0.6 is 11.6 Å². The molecule has 2 N–H and O–H groups in total. The number of ether oxygens (including phenoxy) is 2. The molecular formula is C26H30ClN5O4. The van der Waals surface area contributed by atoms with Crippen LogP contribution in [0.3, 0.4) is 0 Å². The SMILES string of the molecule is Cn1nccc1-c1cc(NC(=O)Nc2ccc(Cl)cc2)ccc1OC1CCN(C(=O)OC(C)(C)C)C1. The summed E-state index contributed by atoms with van der Waals surface area (Å²) in [4.78, 5) is 26.6. The Kier molecular flexibility index (Phi) is 7.40. The van der Waals surface area contributed by atoms with Gasteiger partial charge in [0, 0.05) is 48.2 Å². The summed E-state index contributed by atoms with van der Waals surface area (Å²) in [6.45, 7) is 6.54. The second-order valence-corrected chi connectivity index (χ2v) is 10.0. The number of nitrogens with zero attached hydrogens (tertiary/aromatic N) is 3. The third kappa shape index (κ3) is 6.48. The first kappa shape index (κ1) is 25.4. The summed E-state index contributed by atoms with van der Waals surface area (Å²) in [6.07, 6.45) is 1.86. The van der Waals surface area contributed by atoms with E-state index in [1.165, 1.54) is 0 Å². The van der Waals surface area contributed by atoms with Crippen LogP contribution in [0.5, 0.6) is 5.75 Å². The zero-order valence-electron chi connectivity index (χ0n) is 20.7. The van der Waals surface area contributed by atoms with Crippen molar-refractivity contribution in [2.75, 3.05) is 23.7 Å². The van der Waals surface area contributed by atoms with E-state index in [-0.39, 0.29) is 18.2 Å². The molecule has 3 amide bonds. The van der Waals surface area contributed by atoms with Crippen molar-refractivity contribution in [1.82, 2.24) is 14.7 Å². The van der Waals surface area contributed by atoms with Crippen molar-refractivity contribution in [3.8, 4) is 17.0 Å². The molecule has 2 heterocycles. The van der Waals surface area contributed by atoms with Crippen molar-refractivity contribution < 1.29 is 19.1 Å². The summed E-state index contributed by atoms with van der Waals surface area (Å²) in [5.41, 5.74) is 2.26. The van der Waals surface area contributed by atoms with Gasteiger partial charge < -0.3 is 25.0 Å². The van der Waals surface area contributed by atoms with E-state index in [1.54, 1.807) is 46.1 Å². The Morgan fingerprint density at radius 1 is 1.06 bits per heavy atom. The number of carbonyl (C=O) groups excluding carboxylic acids is 2. The standard InChI is InChI=1S/C26H30ClN5O4/c1-26(2,3)36-25(34)32-14-12-20(16-32)35-23-10-9-19(15-21(23)22-11-13-28-31(22)4)30-24(33)29-18-7-5-17(27)6-8-18/h5-11,13,15,20H,12,14,16H2,1-4H3,(H2,29,30,33). The summed E-state index contributed by atoms with van der Waals surface area (Å²) in [5.74, 6) is 0.637. The molecule has 0 saturated carbocycles. The van der Waals surface area contributed by atoms with Crippen molar-refractivity contribution in [2.24, 2.45) is 7.05 Å². The summed E-state index contributed by atoms with van der Waals surface area (Å²) < 4.78 is 13.6. The first-order valence-electron chi connectivity index (χ1n) is 11.7. The molecule has 9 nitrogen and oxygen atoms in total. The van der Waals surface area contributed by atoms with Gasteiger partial charge in [-0.15, -0.1) is 0 Å². The minimum absolute atomic E-state index is 0.184. The van der Waals surface area contributed by atoms with Gasteiger partial charge in [0.15, 0.2) is 0 Å². The Morgan fingerprint density at radius 2 is 1.75 bits per heavy atom. The lowest BCUT2D eigenvalue weighted by molar-refractivity contribution is 0.0276. The Labute approximate surface area is 215 Å². The minimum atomic E-state index is -0.550. The van der Waals surface area contributed by atoms with Crippen LogP contribution < -0.4 is 15.4 Å². The molecule has 4 rings (SSSR count). The zero-order chi connectivity index (χ0) is 25.9. The maximum Gasteiger partial charge on any atom is 0.410 e. The van der Waals surface area contributed by atoms with E-state index in [1.807, 2.05) is 46.0 Å². The lowest BCUT2D eigenvalue weighted by atomic mass is 10.1. The Morgan fingerprint density at radius 3 is 2.42 bits per heavy atom. The predicted octanol–water partition coefficient (Wildman–Crippen LogP) is 5.77. The van der Waals surface area contributed by atoms with Gasteiger partial charge in [0.1, 0.15) is 17.5 Å². The Balaban J connectivity index is 1.48. The van der Waals surface area contributed by atoms with Gasteiger partial charge in [-0.2, -0.15) is 5.10 Å². The average molecular weight is 512 g/mol. The molecule has 0 aliphatic carbocycles. The molecule has 1 atom stereocenters. The number of hydrogen-bond acceptors (Lipinski definition) is 5. The molecule has 1 aliphatic rings. The number of hydrogen-bond donors (Lipinski definition) is 2. The molecule has 190 valence electrons. The molecule has 0 radical (unpaired) electrons. The molecule has 0 spiro atoms. The van der Waals surface area contributed by atoms with Crippen LogP contribution in [-0.2, 0) is 11.8 Å². The number of anilines is 2. The minimum Gasteiger partial charge on any atom is -0.488 e. The molecule has 1 fully saturated rings. The fourth-order valence-electron chi connectivity index (χ4n) is 3.87. The zero-order valence-corrected chi connectivity index (χ0v) is 21.5. The van der Waals surface area contributed by atoms with Crippen molar-refractivity contribution in [3.05, 3.63) is 59.8 Å². The highest BCUT2D eigenvalue weighted by atomic mass is 35.5. The van der Waals surface area contributed by atoms with E-state index in [4.69, 9.17) is 21.1 Å². The normalized spacial score (nSPS) is 15.5. The van der Waals surface area contributed by atoms with Crippen molar-refractivity contribution >= 4 is 35.1 Å². The number of nitrogens with one attached hydrogen (secondary N) is 2. The number of carbonyl (C=O) groups is 2. The van der Waals surface area contributed by atoms with Crippen LogP contribution in [-0.4, -0.2) is 51.6 Å². The maximum atomic E-state index is 12.5. The maximum absolute atomic E-state index is 12.5. The lowest BCUT2D eigenvalue weighted by Crippen LogP contribution is -2.36. The van der Waals surface area contributed by atoms with Gasteiger partial charge in [-0.1, -0.05) is 11.6 Å². The van der Waals surface area contributed by atoms with E-state index < -0.39 is 5.60 Å². The van der Waals surface area contributed by atoms with Crippen LogP contribution in [0.15, 0.2) is 54.7 Å². The van der Waals surface area contributed by atoms with Crippen molar-refractivity contribution in [1.29, 1.82) is 0 Å². The number of rotatable bonds is 5. The smallest absolute Gasteiger partial charge is 0.410 e. The van der Waals surface area contributed by atoms with Gasteiger partial charge in [-0.3, -0.25) is 4.68 Å². The van der Waals surface area contributed by atoms with Gasteiger partial charge in [0.05, 0.1) is 12.2 Å².